The quantitative estimate of drug-likeness (QED) is 0.0868. The van der Waals surface area contributed by atoms with Gasteiger partial charge in [-0.2, -0.15) is 0 Å². The molecule has 0 rings (SSSR count). The highest BCUT2D eigenvalue weighted by molar-refractivity contribution is 4.75. The summed E-state index contributed by atoms with van der Waals surface area (Å²) in [5, 5.41) is 24.8. The Bertz CT molecular complexity index is 427. The van der Waals surface area contributed by atoms with Crippen LogP contribution in [0.15, 0.2) is 0 Å². The van der Waals surface area contributed by atoms with E-state index in [4.69, 9.17) is 11.5 Å². The molecule has 0 spiro atoms. The number of nitrogens with one attached hydrogen (secondary N) is 7. The lowest BCUT2D eigenvalue weighted by molar-refractivity contribution is 0.400. The lowest BCUT2D eigenvalue weighted by Crippen LogP contribution is -2.49. The highest BCUT2D eigenvalue weighted by atomic mass is 15.1. The van der Waals surface area contributed by atoms with E-state index < -0.39 is 0 Å². The first-order chi connectivity index (χ1) is 15.7. The van der Waals surface area contributed by atoms with Gasteiger partial charge >= 0.3 is 0 Å². The second-order valence-electron chi connectivity index (χ2n) is 10.0. The van der Waals surface area contributed by atoms with Crippen molar-refractivity contribution in [3.63, 3.8) is 0 Å². The van der Waals surface area contributed by atoms with Crippen LogP contribution in [0.25, 0.3) is 0 Å². The minimum Gasteiger partial charge on any atom is -0.329 e. The molecule has 7 atom stereocenters. The van der Waals surface area contributed by atoms with Gasteiger partial charge in [0.2, 0.25) is 0 Å². The molecule has 0 aliphatic heterocycles. The van der Waals surface area contributed by atoms with Crippen molar-refractivity contribution in [3.8, 4) is 0 Å². The number of hydrogen-bond donors (Lipinski definition) is 9. The van der Waals surface area contributed by atoms with E-state index in [2.05, 4.69) is 85.7 Å². The van der Waals surface area contributed by atoms with Crippen LogP contribution >= 0.6 is 0 Å². The van der Waals surface area contributed by atoms with Crippen LogP contribution in [0.3, 0.4) is 0 Å². The largest absolute Gasteiger partial charge is 0.329 e. The summed E-state index contributed by atoms with van der Waals surface area (Å²) in [5.74, 6) is 0. The van der Waals surface area contributed by atoms with Crippen LogP contribution in [-0.4, -0.2) is 101 Å². The summed E-state index contributed by atoms with van der Waals surface area (Å²) in [6.45, 7) is 23.6. The van der Waals surface area contributed by atoms with E-state index in [1.165, 1.54) is 0 Å². The molecule has 0 fully saturated rings. The molecule has 11 N–H and O–H groups in total. The highest BCUT2D eigenvalue weighted by Crippen LogP contribution is 1.89. The van der Waals surface area contributed by atoms with Gasteiger partial charge in [-0.25, -0.2) is 0 Å². The standard InChI is InChI=1S/C24H59N9/c1-8-24(26)17-33-19(3)12-27-9-10-28-20(4)13-30-22(6)15-32-23(7)16-31-21(5)14-29-18(2)11-25/h18-24,27-33H,8-17,25-26H2,1-7H3. The van der Waals surface area contributed by atoms with Gasteiger partial charge in [-0.15, -0.1) is 0 Å². The minimum atomic E-state index is 0.252. The van der Waals surface area contributed by atoms with E-state index in [0.29, 0.717) is 42.8 Å². The Kier molecular flexibility index (Phi) is 20.7. The zero-order valence-corrected chi connectivity index (χ0v) is 22.8. The fourth-order valence-electron chi connectivity index (χ4n) is 3.18. The van der Waals surface area contributed by atoms with Crippen LogP contribution in [0.1, 0.15) is 54.9 Å². The maximum Gasteiger partial charge on any atom is 0.0164 e. The van der Waals surface area contributed by atoms with Crippen molar-refractivity contribution in [2.45, 2.75) is 97.2 Å². The van der Waals surface area contributed by atoms with Crippen LogP contribution in [-0.2, 0) is 0 Å². The van der Waals surface area contributed by atoms with E-state index in [1.54, 1.807) is 0 Å². The van der Waals surface area contributed by atoms with Crippen LogP contribution in [0.5, 0.6) is 0 Å². The Morgan fingerprint density at radius 2 is 0.909 bits per heavy atom. The fraction of sp³-hybridized carbons (Fsp3) is 1.00. The Morgan fingerprint density at radius 3 is 1.36 bits per heavy atom. The zero-order valence-electron chi connectivity index (χ0n) is 22.8. The smallest absolute Gasteiger partial charge is 0.0164 e. The van der Waals surface area contributed by atoms with Crippen molar-refractivity contribution in [1.82, 2.24) is 37.2 Å². The summed E-state index contributed by atoms with van der Waals surface area (Å²) >= 11 is 0. The molecule has 0 aliphatic carbocycles. The molecule has 0 heterocycles. The first-order valence-electron chi connectivity index (χ1n) is 13.2. The van der Waals surface area contributed by atoms with Crippen molar-refractivity contribution < 1.29 is 0 Å². The second kappa shape index (κ2) is 21.0. The maximum absolute atomic E-state index is 5.95. The van der Waals surface area contributed by atoms with E-state index >= 15 is 0 Å². The Balaban J connectivity index is 3.69. The molecule has 9 nitrogen and oxygen atoms in total. The number of rotatable bonds is 23. The van der Waals surface area contributed by atoms with Gasteiger partial charge in [0.15, 0.2) is 0 Å². The molecule has 0 saturated heterocycles. The van der Waals surface area contributed by atoms with Gasteiger partial charge in [-0.1, -0.05) is 6.92 Å². The lowest BCUT2D eigenvalue weighted by Gasteiger charge is -2.23. The van der Waals surface area contributed by atoms with E-state index in [1.807, 2.05) is 0 Å². The molecule has 0 aromatic carbocycles. The van der Waals surface area contributed by atoms with Crippen LogP contribution in [0, 0.1) is 0 Å². The van der Waals surface area contributed by atoms with Gasteiger partial charge in [-0.05, 0) is 48.0 Å². The SMILES string of the molecule is CCC(N)CNC(C)CNCCNC(C)CNC(C)CNC(C)CNC(C)CNC(C)CN. The van der Waals surface area contributed by atoms with Crippen LogP contribution < -0.4 is 48.7 Å². The average molecular weight is 474 g/mol. The summed E-state index contributed by atoms with van der Waals surface area (Å²) in [6.07, 6.45) is 1.01. The molecule has 0 aliphatic rings. The monoisotopic (exact) mass is 473 g/mol. The van der Waals surface area contributed by atoms with Crippen molar-refractivity contribution in [2.75, 3.05) is 58.9 Å². The van der Waals surface area contributed by atoms with Gasteiger partial charge < -0.3 is 48.7 Å². The lowest BCUT2D eigenvalue weighted by atomic mass is 10.2. The second-order valence-corrected chi connectivity index (χ2v) is 10.0. The van der Waals surface area contributed by atoms with Crippen LogP contribution in [0.4, 0.5) is 0 Å². The van der Waals surface area contributed by atoms with E-state index in [0.717, 1.165) is 58.8 Å². The molecule has 7 unspecified atom stereocenters. The molecule has 0 bridgehead atoms. The third kappa shape index (κ3) is 20.7. The van der Waals surface area contributed by atoms with Gasteiger partial charge in [-0.3, -0.25) is 0 Å². The third-order valence-electron chi connectivity index (χ3n) is 5.94. The molecule has 200 valence electrons. The van der Waals surface area contributed by atoms with Crippen molar-refractivity contribution in [1.29, 1.82) is 0 Å². The summed E-state index contributed by atoms with van der Waals surface area (Å²) in [6, 6.07) is 2.79. The first-order valence-corrected chi connectivity index (χ1v) is 13.2. The molecule has 9 heteroatoms. The first kappa shape index (κ1) is 32.6. The van der Waals surface area contributed by atoms with Gasteiger partial charge in [0, 0.05) is 101 Å². The molecule has 0 amide bonds. The average Bonchev–Trinajstić information content (AvgIpc) is 2.81. The molecule has 0 aromatic rings. The predicted octanol–water partition coefficient (Wildman–Crippen LogP) is -0.859. The molecule has 0 aromatic heterocycles. The molecule has 0 radical (unpaired) electrons. The predicted molar refractivity (Wildman–Crippen MR) is 145 cm³/mol. The van der Waals surface area contributed by atoms with Crippen molar-refractivity contribution >= 4 is 0 Å². The Morgan fingerprint density at radius 1 is 0.515 bits per heavy atom. The van der Waals surface area contributed by atoms with Gasteiger partial charge in [0.1, 0.15) is 0 Å². The van der Waals surface area contributed by atoms with Crippen molar-refractivity contribution in [2.24, 2.45) is 11.5 Å². The zero-order chi connectivity index (χ0) is 25.1. The fourth-order valence-corrected chi connectivity index (χ4v) is 3.18. The highest BCUT2D eigenvalue weighted by Gasteiger charge is 2.10. The topological polar surface area (TPSA) is 136 Å². The van der Waals surface area contributed by atoms with E-state index in [-0.39, 0.29) is 6.04 Å². The Labute approximate surface area is 205 Å². The van der Waals surface area contributed by atoms with Gasteiger partial charge in [0.05, 0.1) is 0 Å². The molecule has 0 saturated carbocycles. The molecular weight excluding hydrogens is 414 g/mol. The Hall–Kier alpha value is -0.360. The number of nitrogens with two attached hydrogens (primary N) is 2. The minimum absolute atomic E-state index is 0.252. The maximum atomic E-state index is 5.95. The van der Waals surface area contributed by atoms with Gasteiger partial charge in [0.25, 0.3) is 0 Å². The summed E-state index contributed by atoms with van der Waals surface area (Å²) < 4.78 is 0. The summed E-state index contributed by atoms with van der Waals surface area (Å²) in [5.41, 5.74) is 11.6. The van der Waals surface area contributed by atoms with Crippen molar-refractivity contribution in [3.05, 3.63) is 0 Å². The molecule has 33 heavy (non-hydrogen) atoms. The normalized spacial score (nSPS) is 18.5. The summed E-state index contributed by atoms with van der Waals surface area (Å²) in [7, 11) is 0. The molecular formula is C24H59N9. The number of hydrogen-bond acceptors (Lipinski definition) is 9. The van der Waals surface area contributed by atoms with E-state index in [9.17, 15) is 0 Å². The van der Waals surface area contributed by atoms with Crippen LogP contribution in [0.2, 0.25) is 0 Å². The third-order valence-corrected chi connectivity index (χ3v) is 5.94. The summed E-state index contributed by atoms with van der Waals surface area (Å²) in [4.78, 5) is 0.